The summed E-state index contributed by atoms with van der Waals surface area (Å²) in [5.41, 5.74) is 8.46. The van der Waals surface area contributed by atoms with Gasteiger partial charge >= 0.3 is 0 Å². The first-order chi connectivity index (χ1) is 8.63. The van der Waals surface area contributed by atoms with Crippen molar-refractivity contribution in [1.82, 2.24) is 14.8 Å². The van der Waals surface area contributed by atoms with E-state index in [1.807, 2.05) is 17.7 Å². The molecule has 96 valence electrons. The van der Waals surface area contributed by atoms with Crippen LogP contribution in [0, 0.1) is 6.92 Å². The first kappa shape index (κ1) is 13.2. The summed E-state index contributed by atoms with van der Waals surface area (Å²) < 4.78 is 1.93. The predicted octanol–water partition coefficient (Wildman–Crippen LogP) is 3.13. The Labute approximate surface area is 116 Å². The second-order valence-electron chi connectivity index (χ2n) is 3.86. The van der Waals surface area contributed by atoms with Gasteiger partial charge in [-0.3, -0.25) is 9.67 Å². The Hall–Kier alpha value is -1.20. The molecular weight excluding hydrogens is 268 g/mol. The molecule has 6 heteroatoms. The zero-order chi connectivity index (χ0) is 13.1. The minimum absolute atomic E-state index is 0.693. The summed E-state index contributed by atoms with van der Waals surface area (Å²) in [5, 5.41) is 5.14. The number of nitrogens with two attached hydrogens (primary N) is 1. The maximum Gasteiger partial charge on any atom is 0.0855 e. The smallest absolute Gasteiger partial charge is 0.0855 e. The predicted molar refractivity (Wildman–Crippen MR) is 75.9 cm³/mol. The molecule has 0 amide bonds. The van der Waals surface area contributed by atoms with Crippen molar-refractivity contribution >= 4 is 29.1 Å². The van der Waals surface area contributed by atoms with Crippen LogP contribution in [0.4, 0.5) is 5.69 Å². The number of hydrogen-bond donors (Lipinski definition) is 1. The number of rotatable bonds is 4. The van der Waals surface area contributed by atoms with E-state index in [1.165, 1.54) is 0 Å². The van der Waals surface area contributed by atoms with Gasteiger partial charge in [0.2, 0.25) is 0 Å². The van der Waals surface area contributed by atoms with Gasteiger partial charge in [0.1, 0.15) is 0 Å². The molecule has 2 rings (SSSR count). The lowest BCUT2D eigenvalue weighted by atomic mass is 10.4. The van der Waals surface area contributed by atoms with Crippen molar-refractivity contribution in [2.45, 2.75) is 31.0 Å². The summed E-state index contributed by atoms with van der Waals surface area (Å²) in [4.78, 5) is 4.99. The first-order valence-electron chi connectivity index (χ1n) is 5.67. The second kappa shape index (κ2) is 5.63. The highest BCUT2D eigenvalue weighted by atomic mass is 35.5. The summed E-state index contributed by atoms with van der Waals surface area (Å²) in [6.07, 6.45) is 3.40. The zero-order valence-electron chi connectivity index (χ0n) is 10.4. The number of nitrogens with zero attached hydrogens (tertiary/aromatic N) is 3. The zero-order valence-corrected chi connectivity index (χ0v) is 11.9. The SMILES string of the molecule is CCn1nc(C)c(Cl)c1CSc1ccncc1N. The summed E-state index contributed by atoms with van der Waals surface area (Å²) in [5.74, 6) is 0.752. The summed E-state index contributed by atoms with van der Waals surface area (Å²) in [7, 11) is 0. The molecule has 0 aliphatic heterocycles. The fourth-order valence-electron chi connectivity index (χ4n) is 1.68. The maximum atomic E-state index is 6.26. The average molecular weight is 283 g/mol. The Balaban J connectivity index is 2.18. The molecular formula is C12H15ClN4S. The summed E-state index contributed by atoms with van der Waals surface area (Å²) in [6.45, 7) is 4.79. The molecule has 0 aliphatic rings. The van der Waals surface area contributed by atoms with Gasteiger partial charge in [0.25, 0.3) is 0 Å². The van der Waals surface area contributed by atoms with Crippen molar-refractivity contribution in [2.75, 3.05) is 5.73 Å². The van der Waals surface area contributed by atoms with Crippen LogP contribution < -0.4 is 5.73 Å². The molecule has 0 aromatic carbocycles. The van der Waals surface area contributed by atoms with Gasteiger partial charge < -0.3 is 5.73 Å². The van der Waals surface area contributed by atoms with Crippen LogP contribution in [0.25, 0.3) is 0 Å². The van der Waals surface area contributed by atoms with Crippen LogP contribution in [0.2, 0.25) is 5.02 Å². The van der Waals surface area contributed by atoms with Gasteiger partial charge in [0, 0.05) is 23.4 Å². The molecule has 0 bridgehead atoms. The molecule has 0 unspecified atom stereocenters. The highest BCUT2D eigenvalue weighted by Crippen LogP contribution is 2.30. The Morgan fingerprint density at radius 3 is 2.94 bits per heavy atom. The van der Waals surface area contributed by atoms with Crippen LogP contribution in [0.15, 0.2) is 23.4 Å². The number of nitrogen functional groups attached to an aromatic ring is 1. The lowest BCUT2D eigenvalue weighted by molar-refractivity contribution is 0.632. The highest BCUT2D eigenvalue weighted by Gasteiger charge is 2.13. The minimum atomic E-state index is 0.693. The number of halogens is 1. The normalized spacial score (nSPS) is 10.8. The van der Waals surface area contributed by atoms with Crippen molar-refractivity contribution in [3.63, 3.8) is 0 Å². The Morgan fingerprint density at radius 1 is 1.50 bits per heavy atom. The molecule has 2 aromatic heterocycles. The highest BCUT2D eigenvalue weighted by molar-refractivity contribution is 7.98. The van der Waals surface area contributed by atoms with E-state index >= 15 is 0 Å². The third-order valence-electron chi connectivity index (χ3n) is 2.63. The van der Waals surface area contributed by atoms with E-state index in [-0.39, 0.29) is 0 Å². The van der Waals surface area contributed by atoms with Gasteiger partial charge in [-0.2, -0.15) is 5.10 Å². The third kappa shape index (κ3) is 2.62. The van der Waals surface area contributed by atoms with Crippen LogP contribution in [0.1, 0.15) is 18.3 Å². The van der Waals surface area contributed by atoms with Gasteiger partial charge in [-0.05, 0) is 19.9 Å². The number of anilines is 1. The Kier molecular flexibility index (Phi) is 4.14. The molecule has 0 atom stereocenters. The maximum absolute atomic E-state index is 6.26. The van der Waals surface area contributed by atoms with Crippen molar-refractivity contribution in [2.24, 2.45) is 0 Å². The van der Waals surface area contributed by atoms with Gasteiger partial charge in [-0.25, -0.2) is 0 Å². The largest absolute Gasteiger partial charge is 0.397 e. The molecule has 0 saturated heterocycles. The van der Waals surface area contributed by atoms with E-state index in [0.717, 1.165) is 33.6 Å². The van der Waals surface area contributed by atoms with E-state index in [4.69, 9.17) is 17.3 Å². The van der Waals surface area contributed by atoms with Crippen molar-refractivity contribution in [3.05, 3.63) is 34.9 Å². The van der Waals surface area contributed by atoms with Gasteiger partial charge in [0.05, 0.1) is 28.3 Å². The molecule has 0 saturated carbocycles. The minimum Gasteiger partial charge on any atom is -0.397 e. The molecule has 0 radical (unpaired) electrons. The summed E-state index contributed by atoms with van der Waals surface area (Å²) in [6, 6.07) is 1.91. The Bertz CT molecular complexity index is 553. The standard InChI is InChI=1S/C12H15ClN4S/c1-3-17-10(12(13)8(2)16-17)7-18-11-4-5-15-6-9(11)14/h4-6H,3,7,14H2,1-2H3. The molecule has 4 nitrogen and oxygen atoms in total. The van der Waals surface area contributed by atoms with E-state index in [9.17, 15) is 0 Å². The van der Waals surface area contributed by atoms with Gasteiger partial charge in [0.15, 0.2) is 0 Å². The van der Waals surface area contributed by atoms with E-state index in [1.54, 1.807) is 24.2 Å². The van der Waals surface area contributed by atoms with Crippen LogP contribution in [-0.4, -0.2) is 14.8 Å². The van der Waals surface area contributed by atoms with Gasteiger partial charge in [-0.15, -0.1) is 11.8 Å². The van der Waals surface area contributed by atoms with E-state index in [0.29, 0.717) is 5.69 Å². The number of thioether (sulfide) groups is 1. The van der Waals surface area contributed by atoms with Gasteiger partial charge in [-0.1, -0.05) is 11.6 Å². The lowest BCUT2D eigenvalue weighted by Crippen LogP contribution is -2.02. The molecule has 0 aliphatic carbocycles. The van der Waals surface area contributed by atoms with Crippen LogP contribution in [0.3, 0.4) is 0 Å². The average Bonchev–Trinajstić information content (AvgIpc) is 2.65. The van der Waals surface area contributed by atoms with E-state index in [2.05, 4.69) is 17.0 Å². The first-order valence-corrected chi connectivity index (χ1v) is 7.04. The van der Waals surface area contributed by atoms with E-state index < -0.39 is 0 Å². The van der Waals surface area contributed by atoms with Crippen LogP contribution in [-0.2, 0) is 12.3 Å². The molecule has 2 heterocycles. The van der Waals surface area contributed by atoms with Crippen LogP contribution >= 0.6 is 23.4 Å². The third-order valence-corrected chi connectivity index (χ3v) is 4.22. The molecule has 0 spiro atoms. The van der Waals surface area contributed by atoms with Crippen molar-refractivity contribution in [3.8, 4) is 0 Å². The number of pyridine rings is 1. The molecule has 18 heavy (non-hydrogen) atoms. The lowest BCUT2D eigenvalue weighted by Gasteiger charge is -2.06. The fraction of sp³-hybridized carbons (Fsp3) is 0.333. The van der Waals surface area contributed by atoms with Crippen molar-refractivity contribution in [1.29, 1.82) is 0 Å². The number of hydrogen-bond acceptors (Lipinski definition) is 4. The Morgan fingerprint density at radius 2 is 2.28 bits per heavy atom. The molecule has 2 N–H and O–H groups in total. The quantitative estimate of drug-likeness (QED) is 0.876. The monoisotopic (exact) mass is 282 g/mol. The molecule has 0 fully saturated rings. The number of aromatic nitrogens is 3. The van der Waals surface area contributed by atoms with Crippen molar-refractivity contribution < 1.29 is 0 Å². The second-order valence-corrected chi connectivity index (χ2v) is 5.26. The molecule has 2 aromatic rings. The topological polar surface area (TPSA) is 56.7 Å². The number of aryl methyl sites for hydroxylation is 2. The summed E-state index contributed by atoms with van der Waals surface area (Å²) >= 11 is 7.91. The van der Waals surface area contributed by atoms with Crippen LogP contribution in [0.5, 0.6) is 0 Å². The fourth-order valence-corrected chi connectivity index (χ4v) is 2.92.